The summed E-state index contributed by atoms with van der Waals surface area (Å²) in [5, 5.41) is 0. The molecule has 2 aliphatic rings. The predicted octanol–water partition coefficient (Wildman–Crippen LogP) is 4.00. The molecule has 3 heteroatoms. The van der Waals surface area contributed by atoms with Crippen LogP contribution in [0, 0.1) is 28.6 Å². The summed E-state index contributed by atoms with van der Waals surface area (Å²) in [4.78, 5) is 24.1. The number of hydrogen-bond acceptors (Lipinski definition) is 3. The lowest BCUT2D eigenvalue weighted by Crippen LogP contribution is -2.40. The highest BCUT2D eigenvalue weighted by Crippen LogP contribution is 2.56. The molecule has 2 rings (SSSR count). The van der Waals surface area contributed by atoms with Gasteiger partial charge in [0, 0.05) is 12.3 Å². The van der Waals surface area contributed by atoms with E-state index in [0.717, 1.165) is 32.1 Å². The first-order valence-corrected chi connectivity index (χ1v) is 8.36. The summed E-state index contributed by atoms with van der Waals surface area (Å²) in [5.74, 6) is 1.41. The van der Waals surface area contributed by atoms with Gasteiger partial charge in [-0.05, 0) is 63.7 Å². The maximum Gasteiger partial charge on any atom is 0.311 e. The van der Waals surface area contributed by atoms with Crippen molar-refractivity contribution in [1.29, 1.82) is 0 Å². The molecular weight excluding hydrogens is 264 g/mol. The van der Waals surface area contributed by atoms with Gasteiger partial charge in [0.15, 0.2) is 0 Å². The summed E-state index contributed by atoms with van der Waals surface area (Å²) < 4.78 is 5.51. The van der Waals surface area contributed by atoms with Gasteiger partial charge in [-0.2, -0.15) is 0 Å². The molecule has 0 heterocycles. The lowest BCUT2D eigenvalue weighted by atomic mass is 9.62. The third kappa shape index (κ3) is 3.17. The minimum Gasteiger partial charge on any atom is -0.465 e. The Hall–Kier alpha value is -0.860. The van der Waals surface area contributed by atoms with Crippen LogP contribution in [-0.4, -0.2) is 18.4 Å². The van der Waals surface area contributed by atoms with E-state index < -0.39 is 5.41 Å². The average molecular weight is 294 g/mol. The zero-order chi connectivity index (χ0) is 15.8. The smallest absolute Gasteiger partial charge is 0.311 e. The Labute approximate surface area is 128 Å². The van der Waals surface area contributed by atoms with Crippen molar-refractivity contribution >= 4 is 11.8 Å². The number of hydrogen-bond donors (Lipinski definition) is 0. The van der Waals surface area contributed by atoms with Gasteiger partial charge in [-0.3, -0.25) is 9.59 Å². The fraction of sp³-hybridized carbons (Fsp3) is 0.889. The molecule has 4 atom stereocenters. The van der Waals surface area contributed by atoms with Crippen molar-refractivity contribution in [1.82, 2.24) is 0 Å². The number of fused-ring (bicyclic) bond motifs is 1. The fourth-order valence-electron chi connectivity index (χ4n) is 4.44. The molecule has 2 fully saturated rings. The second kappa shape index (κ2) is 5.73. The standard InChI is InChI=1S/C18H30O3/c1-12(11-21-16(20)17(2,3)4)13-8-9-14-15(19)7-6-10-18(13,14)5/h12-14H,6-11H2,1-5H3. The van der Waals surface area contributed by atoms with E-state index in [4.69, 9.17) is 4.74 Å². The first-order valence-electron chi connectivity index (χ1n) is 8.36. The van der Waals surface area contributed by atoms with Gasteiger partial charge in [0.1, 0.15) is 5.78 Å². The highest BCUT2D eigenvalue weighted by Gasteiger charge is 2.52. The molecule has 0 aliphatic heterocycles. The number of carbonyl (C=O) groups excluding carboxylic acids is 2. The number of Topliss-reactive ketones (excluding diaryl/α,β-unsaturated/α-hetero) is 1. The van der Waals surface area contributed by atoms with Crippen LogP contribution < -0.4 is 0 Å². The van der Waals surface area contributed by atoms with E-state index in [1.54, 1.807) is 0 Å². The first-order chi connectivity index (χ1) is 9.66. The van der Waals surface area contributed by atoms with E-state index in [1.165, 1.54) is 0 Å². The van der Waals surface area contributed by atoms with Crippen molar-refractivity contribution in [3.63, 3.8) is 0 Å². The maximum absolute atomic E-state index is 12.2. The Morgan fingerprint density at radius 2 is 2.05 bits per heavy atom. The SMILES string of the molecule is CC(COC(=O)C(C)(C)C)C1CCC2C(=O)CCCC21C. The zero-order valence-electron chi connectivity index (χ0n) is 14.2. The lowest BCUT2D eigenvalue weighted by molar-refractivity contribution is -0.155. The molecule has 0 aromatic carbocycles. The molecule has 21 heavy (non-hydrogen) atoms. The van der Waals surface area contributed by atoms with Crippen molar-refractivity contribution in [3.8, 4) is 0 Å². The Balaban J connectivity index is 1.98. The van der Waals surface area contributed by atoms with Crippen molar-refractivity contribution < 1.29 is 14.3 Å². The van der Waals surface area contributed by atoms with Gasteiger partial charge >= 0.3 is 5.97 Å². The van der Waals surface area contributed by atoms with Crippen molar-refractivity contribution in [2.45, 2.75) is 66.7 Å². The van der Waals surface area contributed by atoms with Gasteiger partial charge in [0.25, 0.3) is 0 Å². The Kier molecular flexibility index (Phi) is 4.51. The molecular formula is C18H30O3. The summed E-state index contributed by atoms with van der Waals surface area (Å²) in [5.41, 5.74) is -0.314. The lowest BCUT2D eigenvalue weighted by Gasteiger charge is -2.42. The van der Waals surface area contributed by atoms with Gasteiger partial charge in [-0.25, -0.2) is 0 Å². The minimum atomic E-state index is -0.442. The molecule has 0 aromatic rings. The number of rotatable bonds is 3. The van der Waals surface area contributed by atoms with Crippen LogP contribution in [0.5, 0.6) is 0 Å². The summed E-state index contributed by atoms with van der Waals surface area (Å²) in [7, 11) is 0. The van der Waals surface area contributed by atoms with Gasteiger partial charge in [-0.1, -0.05) is 13.8 Å². The molecule has 2 aliphatic carbocycles. The topological polar surface area (TPSA) is 43.4 Å². The Bertz CT molecular complexity index is 421. The number of carbonyl (C=O) groups is 2. The third-order valence-corrected chi connectivity index (χ3v) is 5.71. The van der Waals surface area contributed by atoms with Crippen LogP contribution in [0.3, 0.4) is 0 Å². The maximum atomic E-state index is 12.2. The second-order valence-corrected chi connectivity index (χ2v) is 8.39. The minimum absolute atomic E-state index is 0.128. The summed E-state index contributed by atoms with van der Waals surface area (Å²) in [6.45, 7) is 10.6. The molecule has 0 amide bonds. The third-order valence-electron chi connectivity index (χ3n) is 5.71. The molecule has 0 bridgehead atoms. The van der Waals surface area contributed by atoms with Crippen LogP contribution in [0.15, 0.2) is 0 Å². The monoisotopic (exact) mass is 294 g/mol. The van der Waals surface area contributed by atoms with Crippen LogP contribution in [0.1, 0.15) is 66.7 Å². The van der Waals surface area contributed by atoms with E-state index in [0.29, 0.717) is 24.2 Å². The van der Waals surface area contributed by atoms with Crippen LogP contribution in [-0.2, 0) is 14.3 Å². The van der Waals surface area contributed by atoms with E-state index in [2.05, 4.69) is 13.8 Å². The van der Waals surface area contributed by atoms with Crippen LogP contribution in [0.25, 0.3) is 0 Å². The Morgan fingerprint density at radius 1 is 1.38 bits per heavy atom. The van der Waals surface area contributed by atoms with Gasteiger partial charge < -0.3 is 4.74 Å². The van der Waals surface area contributed by atoms with Crippen molar-refractivity contribution in [2.24, 2.45) is 28.6 Å². The molecule has 0 N–H and O–H groups in total. The van der Waals surface area contributed by atoms with Gasteiger partial charge in [0.05, 0.1) is 12.0 Å². The molecule has 0 spiro atoms. The van der Waals surface area contributed by atoms with Crippen molar-refractivity contribution in [3.05, 3.63) is 0 Å². The van der Waals surface area contributed by atoms with E-state index in [9.17, 15) is 9.59 Å². The van der Waals surface area contributed by atoms with E-state index >= 15 is 0 Å². The molecule has 0 aromatic heterocycles. The molecule has 0 saturated heterocycles. The Morgan fingerprint density at radius 3 is 2.67 bits per heavy atom. The molecule has 120 valence electrons. The highest BCUT2D eigenvalue weighted by atomic mass is 16.5. The number of ether oxygens (including phenoxy) is 1. The molecule has 4 unspecified atom stereocenters. The van der Waals surface area contributed by atoms with Crippen molar-refractivity contribution in [2.75, 3.05) is 6.61 Å². The average Bonchev–Trinajstić information content (AvgIpc) is 2.73. The molecule has 0 radical (unpaired) electrons. The summed E-state index contributed by atoms with van der Waals surface area (Å²) >= 11 is 0. The molecule has 3 nitrogen and oxygen atoms in total. The quantitative estimate of drug-likeness (QED) is 0.739. The summed E-state index contributed by atoms with van der Waals surface area (Å²) in [6.07, 6.45) is 5.06. The van der Waals surface area contributed by atoms with E-state index in [1.807, 2.05) is 20.8 Å². The first kappa shape index (κ1) is 16.5. The number of ketones is 1. The van der Waals surface area contributed by atoms with Crippen LogP contribution in [0.4, 0.5) is 0 Å². The molecule has 2 saturated carbocycles. The van der Waals surface area contributed by atoms with Gasteiger partial charge in [0.2, 0.25) is 0 Å². The number of esters is 1. The van der Waals surface area contributed by atoms with Gasteiger partial charge in [-0.15, -0.1) is 0 Å². The van der Waals surface area contributed by atoms with Crippen LogP contribution in [0.2, 0.25) is 0 Å². The van der Waals surface area contributed by atoms with E-state index in [-0.39, 0.29) is 17.3 Å². The van der Waals surface area contributed by atoms with Crippen LogP contribution >= 0.6 is 0 Å². The fourth-order valence-corrected chi connectivity index (χ4v) is 4.44. The summed E-state index contributed by atoms with van der Waals surface area (Å²) in [6, 6.07) is 0. The predicted molar refractivity (Wildman–Crippen MR) is 82.8 cm³/mol. The normalized spacial score (nSPS) is 34.4. The zero-order valence-corrected chi connectivity index (χ0v) is 14.2. The highest BCUT2D eigenvalue weighted by molar-refractivity contribution is 5.83. The second-order valence-electron chi connectivity index (χ2n) is 8.39. The largest absolute Gasteiger partial charge is 0.465 e.